The second kappa shape index (κ2) is 6.49. The first kappa shape index (κ1) is 16.3. The van der Waals surface area contributed by atoms with E-state index in [0.717, 1.165) is 0 Å². The molecule has 1 N–H and O–H groups in total. The number of carbonyl (C=O) groups excluding carboxylic acids is 2. The summed E-state index contributed by atoms with van der Waals surface area (Å²) in [6.07, 6.45) is 1.52. The van der Waals surface area contributed by atoms with Crippen molar-refractivity contribution in [1.29, 1.82) is 5.26 Å². The fourth-order valence-corrected chi connectivity index (χ4v) is 2.60. The van der Waals surface area contributed by atoms with Gasteiger partial charge in [0.15, 0.2) is 0 Å². The van der Waals surface area contributed by atoms with Crippen LogP contribution in [-0.2, 0) is 0 Å². The normalized spacial score (nSPS) is 10.3. The molecule has 0 bridgehead atoms. The van der Waals surface area contributed by atoms with Gasteiger partial charge in [0.05, 0.1) is 29.8 Å². The number of nitriles is 1. The van der Waals surface area contributed by atoms with Crippen LogP contribution in [0.15, 0.2) is 48.7 Å². The number of amides is 1. The molecule has 1 aromatic heterocycles. The number of methoxy groups -OCH3 is 1. The van der Waals surface area contributed by atoms with Gasteiger partial charge in [-0.05, 0) is 42.5 Å². The SMILES string of the molecule is COc1ccc2c(c1)c(C(=O)Nc1ccc(C#N)cc1)cn2C(C)=O. The summed E-state index contributed by atoms with van der Waals surface area (Å²) in [6.45, 7) is 1.44. The quantitative estimate of drug-likeness (QED) is 0.796. The Morgan fingerprint density at radius 1 is 1.16 bits per heavy atom. The molecule has 124 valence electrons. The molecule has 0 aliphatic rings. The highest BCUT2D eigenvalue weighted by atomic mass is 16.5. The Balaban J connectivity index is 2.02. The molecular weight excluding hydrogens is 318 g/mol. The van der Waals surface area contributed by atoms with Crippen LogP contribution in [0.25, 0.3) is 10.9 Å². The van der Waals surface area contributed by atoms with Crippen LogP contribution >= 0.6 is 0 Å². The molecule has 0 saturated carbocycles. The number of hydrogen-bond acceptors (Lipinski definition) is 4. The molecule has 6 nitrogen and oxygen atoms in total. The Bertz CT molecular complexity index is 1010. The topological polar surface area (TPSA) is 84.1 Å². The summed E-state index contributed by atoms with van der Waals surface area (Å²) in [4.78, 5) is 24.5. The summed E-state index contributed by atoms with van der Waals surface area (Å²) in [7, 11) is 1.54. The molecule has 0 aliphatic heterocycles. The lowest BCUT2D eigenvalue weighted by Crippen LogP contribution is -2.11. The zero-order valence-corrected chi connectivity index (χ0v) is 13.7. The monoisotopic (exact) mass is 333 g/mol. The average molecular weight is 333 g/mol. The van der Waals surface area contributed by atoms with E-state index in [9.17, 15) is 9.59 Å². The summed E-state index contributed by atoms with van der Waals surface area (Å²) in [6, 6.07) is 13.8. The Morgan fingerprint density at radius 3 is 2.48 bits per heavy atom. The number of fused-ring (bicyclic) bond motifs is 1. The Kier molecular flexibility index (Phi) is 4.23. The molecule has 0 aliphatic carbocycles. The van der Waals surface area contributed by atoms with Crippen molar-refractivity contribution in [3.8, 4) is 11.8 Å². The van der Waals surface area contributed by atoms with Crippen molar-refractivity contribution < 1.29 is 14.3 Å². The van der Waals surface area contributed by atoms with Crippen molar-refractivity contribution in [3.63, 3.8) is 0 Å². The predicted octanol–water partition coefficient (Wildman–Crippen LogP) is 3.43. The second-order valence-electron chi connectivity index (χ2n) is 5.46. The first-order valence-corrected chi connectivity index (χ1v) is 7.55. The summed E-state index contributed by atoms with van der Waals surface area (Å²) in [5.41, 5.74) is 2.08. The van der Waals surface area contributed by atoms with E-state index in [4.69, 9.17) is 10.00 Å². The van der Waals surface area contributed by atoms with Gasteiger partial charge in [0.25, 0.3) is 5.91 Å². The van der Waals surface area contributed by atoms with Gasteiger partial charge in [-0.1, -0.05) is 0 Å². The Morgan fingerprint density at radius 2 is 1.88 bits per heavy atom. The largest absolute Gasteiger partial charge is 0.497 e. The van der Waals surface area contributed by atoms with E-state index in [1.807, 2.05) is 6.07 Å². The molecule has 3 rings (SSSR count). The van der Waals surface area contributed by atoms with Crippen LogP contribution in [0.1, 0.15) is 27.6 Å². The van der Waals surface area contributed by atoms with Gasteiger partial charge in [-0.2, -0.15) is 5.26 Å². The number of nitrogens with one attached hydrogen (secondary N) is 1. The number of nitrogens with zero attached hydrogens (tertiary/aromatic N) is 2. The summed E-state index contributed by atoms with van der Waals surface area (Å²) >= 11 is 0. The van der Waals surface area contributed by atoms with Crippen LogP contribution in [0.4, 0.5) is 5.69 Å². The van der Waals surface area contributed by atoms with E-state index < -0.39 is 0 Å². The first-order chi connectivity index (χ1) is 12.0. The van der Waals surface area contributed by atoms with E-state index in [1.165, 1.54) is 17.7 Å². The number of hydrogen-bond donors (Lipinski definition) is 1. The molecule has 6 heteroatoms. The highest BCUT2D eigenvalue weighted by Gasteiger charge is 2.17. The van der Waals surface area contributed by atoms with Crippen LogP contribution < -0.4 is 10.1 Å². The van der Waals surface area contributed by atoms with Gasteiger partial charge in [-0.3, -0.25) is 14.2 Å². The smallest absolute Gasteiger partial charge is 0.257 e. The Hall–Kier alpha value is -3.59. The van der Waals surface area contributed by atoms with E-state index >= 15 is 0 Å². The fourth-order valence-electron chi connectivity index (χ4n) is 2.60. The molecule has 0 spiro atoms. The van der Waals surface area contributed by atoms with Gasteiger partial charge in [-0.15, -0.1) is 0 Å². The van der Waals surface area contributed by atoms with Crippen molar-refractivity contribution in [3.05, 3.63) is 59.8 Å². The first-order valence-electron chi connectivity index (χ1n) is 7.55. The maximum atomic E-state index is 12.7. The molecule has 25 heavy (non-hydrogen) atoms. The molecule has 3 aromatic rings. The molecule has 0 unspecified atom stereocenters. The highest BCUT2D eigenvalue weighted by Crippen LogP contribution is 2.27. The lowest BCUT2D eigenvalue weighted by Gasteiger charge is -2.05. The number of ether oxygens (including phenoxy) is 1. The van der Waals surface area contributed by atoms with Gasteiger partial charge < -0.3 is 10.1 Å². The lowest BCUT2D eigenvalue weighted by molar-refractivity contribution is 0.0941. The molecule has 1 amide bonds. The van der Waals surface area contributed by atoms with Crippen molar-refractivity contribution in [2.75, 3.05) is 12.4 Å². The summed E-state index contributed by atoms with van der Waals surface area (Å²) < 4.78 is 6.65. The van der Waals surface area contributed by atoms with Gasteiger partial charge in [0.1, 0.15) is 5.75 Å². The van der Waals surface area contributed by atoms with Gasteiger partial charge in [0, 0.05) is 24.2 Å². The fraction of sp³-hybridized carbons (Fsp3) is 0.105. The van der Waals surface area contributed by atoms with Crippen molar-refractivity contribution in [2.45, 2.75) is 6.92 Å². The van der Waals surface area contributed by atoms with Crippen molar-refractivity contribution in [2.24, 2.45) is 0 Å². The van der Waals surface area contributed by atoms with Crippen LogP contribution in [0.5, 0.6) is 5.75 Å². The predicted molar refractivity (Wildman–Crippen MR) is 93.9 cm³/mol. The average Bonchev–Trinajstić information content (AvgIpc) is 3.01. The summed E-state index contributed by atoms with van der Waals surface area (Å²) in [5, 5.41) is 12.2. The minimum absolute atomic E-state index is 0.187. The number of carbonyl (C=O) groups is 2. The molecule has 0 atom stereocenters. The second-order valence-corrected chi connectivity index (χ2v) is 5.46. The van der Waals surface area contributed by atoms with Gasteiger partial charge in [0.2, 0.25) is 5.91 Å². The van der Waals surface area contributed by atoms with E-state index in [0.29, 0.717) is 33.5 Å². The highest BCUT2D eigenvalue weighted by molar-refractivity contribution is 6.14. The van der Waals surface area contributed by atoms with Crippen molar-refractivity contribution >= 4 is 28.4 Å². The van der Waals surface area contributed by atoms with E-state index in [1.54, 1.807) is 49.6 Å². The third-order valence-corrected chi connectivity index (χ3v) is 3.87. The molecule has 0 fully saturated rings. The van der Waals surface area contributed by atoms with Crippen molar-refractivity contribution in [1.82, 2.24) is 4.57 Å². The minimum atomic E-state index is -0.344. The molecule has 0 saturated heterocycles. The van der Waals surface area contributed by atoms with E-state index in [2.05, 4.69) is 5.32 Å². The Labute approximate surface area is 144 Å². The lowest BCUT2D eigenvalue weighted by atomic mass is 10.1. The number of rotatable bonds is 3. The maximum absolute atomic E-state index is 12.7. The molecule has 2 aromatic carbocycles. The van der Waals surface area contributed by atoms with Crippen LogP contribution in [-0.4, -0.2) is 23.5 Å². The summed E-state index contributed by atoms with van der Waals surface area (Å²) in [5.74, 6) is 0.0665. The third kappa shape index (κ3) is 3.08. The molecular formula is C19H15N3O3. The zero-order chi connectivity index (χ0) is 18.0. The zero-order valence-electron chi connectivity index (χ0n) is 13.7. The third-order valence-electron chi connectivity index (χ3n) is 3.87. The molecule has 0 radical (unpaired) electrons. The van der Waals surface area contributed by atoms with Gasteiger partial charge >= 0.3 is 0 Å². The van der Waals surface area contributed by atoms with Crippen LogP contribution in [0.3, 0.4) is 0 Å². The molecule has 1 heterocycles. The number of anilines is 1. The van der Waals surface area contributed by atoms with Crippen LogP contribution in [0.2, 0.25) is 0 Å². The number of benzene rings is 2. The van der Waals surface area contributed by atoms with Crippen LogP contribution in [0, 0.1) is 11.3 Å². The number of aromatic nitrogens is 1. The maximum Gasteiger partial charge on any atom is 0.257 e. The van der Waals surface area contributed by atoms with E-state index in [-0.39, 0.29) is 11.8 Å². The standard InChI is InChI=1S/C19H15N3O3/c1-12(23)22-11-17(16-9-15(25-2)7-8-18(16)22)19(24)21-14-5-3-13(10-20)4-6-14/h3-9,11H,1-2H3,(H,21,24). The minimum Gasteiger partial charge on any atom is -0.497 e. The van der Waals surface area contributed by atoms with Gasteiger partial charge in [-0.25, -0.2) is 0 Å².